The maximum Gasteiger partial charge on any atom is 0.244 e. The summed E-state index contributed by atoms with van der Waals surface area (Å²) in [5.41, 5.74) is 6.22. The summed E-state index contributed by atoms with van der Waals surface area (Å²) in [7, 11) is 0. The molecule has 0 fully saturated rings. The molecule has 0 radical (unpaired) electrons. The van der Waals surface area contributed by atoms with E-state index in [2.05, 4.69) is 12.2 Å². The van der Waals surface area contributed by atoms with Crippen molar-refractivity contribution in [3.05, 3.63) is 75.5 Å². The molecular formula is C25H25N3O2S. The van der Waals surface area contributed by atoms with Crippen molar-refractivity contribution in [2.75, 3.05) is 16.8 Å². The first-order chi connectivity index (χ1) is 14.9. The molecule has 2 aromatic carbocycles. The van der Waals surface area contributed by atoms with Crippen LogP contribution in [-0.2, 0) is 16.0 Å². The molecule has 1 N–H and O–H groups in total. The van der Waals surface area contributed by atoms with Gasteiger partial charge >= 0.3 is 0 Å². The number of anilines is 2. The predicted molar refractivity (Wildman–Crippen MR) is 128 cm³/mol. The molecule has 2 heterocycles. The number of benzene rings is 2. The molecule has 0 unspecified atom stereocenters. The Bertz CT molecular complexity index is 1150. The Morgan fingerprint density at radius 3 is 2.55 bits per heavy atom. The lowest BCUT2D eigenvalue weighted by atomic mass is 10.1. The lowest BCUT2D eigenvalue weighted by molar-refractivity contribution is -0.120. The van der Waals surface area contributed by atoms with Crippen molar-refractivity contribution in [1.29, 1.82) is 0 Å². The summed E-state index contributed by atoms with van der Waals surface area (Å²) in [5, 5.41) is 4.88. The highest BCUT2D eigenvalue weighted by molar-refractivity contribution is 7.12. The fourth-order valence-electron chi connectivity index (χ4n) is 3.58. The van der Waals surface area contributed by atoms with Crippen LogP contribution in [0.1, 0.15) is 34.9 Å². The second kappa shape index (κ2) is 8.86. The van der Waals surface area contributed by atoms with Gasteiger partial charge in [0.15, 0.2) is 0 Å². The van der Waals surface area contributed by atoms with E-state index in [4.69, 9.17) is 4.99 Å². The lowest BCUT2D eigenvalue weighted by Crippen LogP contribution is -2.38. The number of hydrogen-bond acceptors (Lipinski definition) is 4. The number of carbonyl (C=O) groups is 2. The largest absolute Gasteiger partial charge is 0.325 e. The highest BCUT2D eigenvalue weighted by Crippen LogP contribution is 2.36. The van der Waals surface area contributed by atoms with E-state index in [1.807, 2.05) is 67.8 Å². The number of carbonyl (C=O) groups excluding carboxylic acids is 2. The minimum Gasteiger partial charge on any atom is -0.325 e. The fraction of sp³-hybridized carbons (Fsp3) is 0.240. The third kappa shape index (κ3) is 4.59. The van der Waals surface area contributed by atoms with Gasteiger partial charge in [0.1, 0.15) is 6.54 Å². The van der Waals surface area contributed by atoms with Crippen LogP contribution in [0.2, 0.25) is 0 Å². The number of nitrogens with one attached hydrogen (secondary N) is 1. The summed E-state index contributed by atoms with van der Waals surface area (Å²) in [6.45, 7) is 6.06. The molecule has 1 aliphatic heterocycles. The van der Waals surface area contributed by atoms with Crippen molar-refractivity contribution in [3.8, 4) is 0 Å². The van der Waals surface area contributed by atoms with E-state index in [1.54, 1.807) is 16.2 Å². The molecule has 0 aliphatic carbocycles. The Labute approximate surface area is 186 Å². The van der Waals surface area contributed by atoms with Gasteiger partial charge in [-0.1, -0.05) is 25.1 Å². The quantitative estimate of drug-likeness (QED) is 0.586. The van der Waals surface area contributed by atoms with Crippen LogP contribution in [0.3, 0.4) is 0 Å². The summed E-state index contributed by atoms with van der Waals surface area (Å²) in [5.74, 6) is -0.369. The summed E-state index contributed by atoms with van der Waals surface area (Å²) in [6.07, 6.45) is 1.10. The molecule has 31 heavy (non-hydrogen) atoms. The van der Waals surface area contributed by atoms with Gasteiger partial charge in [-0.15, -0.1) is 11.3 Å². The molecule has 0 spiro atoms. The van der Waals surface area contributed by atoms with Gasteiger partial charge < -0.3 is 10.2 Å². The smallest absolute Gasteiger partial charge is 0.244 e. The third-order valence-corrected chi connectivity index (χ3v) is 6.43. The molecule has 0 saturated carbocycles. The molecule has 0 bridgehead atoms. The van der Waals surface area contributed by atoms with Crippen LogP contribution in [0.25, 0.3) is 0 Å². The van der Waals surface area contributed by atoms with E-state index in [1.165, 1.54) is 5.56 Å². The van der Waals surface area contributed by atoms with Crippen LogP contribution >= 0.6 is 11.3 Å². The Morgan fingerprint density at radius 2 is 1.87 bits per heavy atom. The molecule has 1 aromatic heterocycles. The molecule has 158 valence electrons. The topological polar surface area (TPSA) is 61.8 Å². The van der Waals surface area contributed by atoms with Crippen molar-refractivity contribution >= 4 is 45.9 Å². The molecule has 5 nitrogen and oxygen atoms in total. The van der Waals surface area contributed by atoms with E-state index in [9.17, 15) is 9.59 Å². The van der Waals surface area contributed by atoms with Crippen LogP contribution < -0.4 is 10.2 Å². The van der Waals surface area contributed by atoms with Crippen molar-refractivity contribution < 1.29 is 9.59 Å². The Kier molecular flexibility index (Phi) is 6.00. The Morgan fingerprint density at radius 1 is 1.13 bits per heavy atom. The van der Waals surface area contributed by atoms with E-state index in [0.29, 0.717) is 5.69 Å². The van der Waals surface area contributed by atoms with Gasteiger partial charge in [-0.3, -0.25) is 9.59 Å². The standard InChI is InChI=1S/C25H25N3O2S/c1-4-18-7-9-19(10-8-18)26-24(29)15-28-22-13-17(3)16(2)12-20(22)27-21(14-25(28)30)23-6-5-11-31-23/h5-13H,4,14-15H2,1-3H3,(H,26,29). The first-order valence-corrected chi connectivity index (χ1v) is 11.2. The van der Waals surface area contributed by atoms with Crippen LogP contribution in [0, 0.1) is 13.8 Å². The predicted octanol–water partition coefficient (Wildman–Crippen LogP) is 5.42. The monoisotopic (exact) mass is 431 g/mol. The molecule has 3 aromatic rings. The summed E-state index contributed by atoms with van der Waals surface area (Å²) >= 11 is 1.56. The van der Waals surface area contributed by atoms with Crippen molar-refractivity contribution in [1.82, 2.24) is 0 Å². The highest BCUT2D eigenvalue weighted by atomic mass is 32.1. The number of nitrogens with zero attached hydrogens (tertiary/aromatic N) is 2. The number of hydrogen-bond donors (Lipinski definition) is 1. The maximum atomic E-state index is 13.2. The molecule has 0 saturated heterocycles. The van der Waals surface area contributed by atoms with Gasteiger partial charge in [-0.25, -0.2) is 4.99 Å². The molecule has 6 heteroatoms. The van der Waals surface area contributed by atoms with Gasteiger partial charge in [0, 0.05) is 10.6 Å². The van der Waals surface area contributed by atoms with Gasteiger partial charge in [-0.05, 0) is 72.7 Å². The van der Waals surface area contributed by atoms with Crippen molar-refractivity contribution in [2.45, 2.75) is 33.6 Å². The second-order valence-electron chi connectivity index (χ2n) is 7.72. The SMILES string of the molecule is CCc1ccc(NC(=O)CN2C(=O)CC(c3cccs3)=Nc3cc(C)c(C)cc32)cc1. The van der Waals surface area contributed by atoms with Gasteiger partial charge in [0.25, 0.3) is 0 Å². The molecule has 0 atom stereocenters. The Balaban J connectivity index is 1.63. The van der Waals surface area contributed by atoms with Gasteiger partial charge in [-0.2, -0.15) is 0 Å². The number of amides is 2. The van der Waals surface area contributed by atoms with E-state index in [0.717, 1.165) is 39.5 Å². The number of rotatable bonds is 5. The second-order valence-corrected chi connectivity index (χ2v) is 8.66. The number of aliphatic imine (C=N–C) groups is 1. The number of thiophene rings is 1. The average molecular weight is 432 g/mol. The first kappa shape index (κ1) is 21.0. The first-order valence-electron chi connectivity index (χ1n) is 10.4. The number of fused-ring (bicyclic) bond motifs is 1. The molecule has 1 aliphatic rings. The van der Waals surface area contributed by atoms with Crippen LogP contribution in [-0.4, -0.2) is 24.1 Å². The summed E-state index contributed by atoms with van der Waals surface area (Å²) in [4.78, 5) is 33.4. The zero-order chi connectivity index (χ0) is 22.0. The minimum absolute atomic E-state index is 0.0584. The molecule has 4 rings (SSSR count). The van der Waals surface area contributed by atoms with Gasteiger partial charge in [0.2, 0.25) is 11.8 Å². The summed E-state index contributed by atoms with van der Waals surface area (Å²) in [6, 6.07) is 15.6. The Hall–Kier alpha value is -3.25. The fourth-order valence-corrected chi connectivity index (χ4v) is 4.29. The summed E-state index contributed by atoms with van der Waals surface area (Å²) < 4.78 is 0. The van der Waals surface area contributed by atoms with E-state index in [-0.39, 0.29) is 24.8 Å². The van der Waals surface area contributed by atoms with Crippen LogP contribution in [0.4, 0.5) is 17.1 Å². The highest BCUT2D eigenvalue weighted by Gasteiger charge is 2.27. The van der Waals surface area contributed by atoms with Crippen molar-refractivity contribution in [3.63, 3.8) is 0 Å². The van der Waals surface area contributed by atoms with Crippen molar-refractivity contribution in [2.24, 2.45) is 4.99 Å². The molecular weight excluding hydrogens is 406 g/mol. The zero-order valence-corrected chi connectivity index (χ0v) is 18.8. The average Bonchev–Trinajstić information content (AvgIpc) is 3.25. The normalized spacial score (nSPS) is 13.5. The minimum atomic E-state index is -0.235. The van der Waals surface area contributed by atoms with Gasteiger partial charge in [0.05, 0.1) is 23.5 Å². The van der Waals surface area contributed by atoms with E-state index < -0.39 is 0 Å². The lowest BCUT2D eigenvalue weighted by Gasteiger charge is -2.23. The third-order valence-electron chi connectivity index (χ3n) is 5.51. The van der Waals surface area contributed by atoms with Crippen LogP contribution in [0.15, 0.2) is 58.9 Å². The maximum absolute atomic E-state index is 13.2. The molecule has 2 amide bonds. The zero-order valence-electron chi connectivity index (χ0n) is 17.9. The number of aryl methyl sites for hydroxylation is 3. The van der Waals surface area contributed by atoms with Crippen LogP contribution in [0.5, 0.6) is 0 Å². The van der Waals surface area contributed by atoms with E-state index >= 15 is 0 Å².